The Kier molecular flexibility index (Phi) is 4.34. The van der Waals surface area contributed by atoms with E-state index in [1.807, 2.05) is 6.92 Å². The van der Waals surface area contributed by atoms with Gasteiger partial charge in [-0.15, -0.1) is 0 Å². The Morgan fingerprint density at radius 3 is 2.55 bits per heavy atom. The van der Waals surface area contributed by atoms with E-state index in [1.54, 1.807) is 11.6 Å². The topological polar surface area (TPSA) is 111 Å². The van der Waals surface area contributed by atoms with Crippen LogP contribution >= 0.6 is 0 Å². The molecule has 0 radical (unpaired) electrons. The third-order valence-electron chi connectivity index (χ3n) is 3.47. The van der Waals surface area contributed by atoms with Gasteiger partial charge in [0.05, 0.1) is 0 Å². The van der Waals surface area contributed by atoms with Crippen molar-refractivity contribution in [3.63, 3.8) is 0 Å². The van der Waals surface area contributed by atoms with Crippen LogP contribution in [-0.2, 0) is 25.4 Å². The largest absolute Gasteiger partial charge is 0.480 e. The lowest BCUT2D eigenvalue weighted by Crippen LogP contribution is -2.37. The number of carbonyl (C=O) groups is 1. The van der Waals surface area contributed by atoms with Gasteiger partial charge in [0.15, 0.2) is 11.2 Å². The van der Waals surface area contributed by atoms with Crippen LogP contribution in [0.1, 0.15) is 19.8 Å². The lowest BCUT2D eigenvalue weighted by atomic mass is 10.3. The van der Waals surface area contributed by atoms with Crippen LogP contribution in [0.2, 0.25) is 0 Å². The number of aromatic nitrogens is 4. The Hall–Kier alpha value is -2.58. The smallest absolute Gasteiger partial charge is 0.332 e. The number of carboxylic acids is 1. The van der Waals surface area contributed by atoms with Gasteiger partial charge >= 0.3 is 11.7 Å². The standard InChI is InChI=1S/C13H19N5O4/c1-4-5-6-18-10-9(15-12(18)14-7-8(19)20)11(21)17(3)13(22)16(10)2/h4-7H2,1-3H3,(H,14,15)(H,19,20). The molecule has 2 aromatic heterocycles. The van der Waals surface area contributed by atoms with Crippen molar-refractivity contribution in [1.82, 2.24) is 18.7 Å². The van der Waals surface area contributed by atoms with Crippen molar-refractivity contribution < 1.29 is 9.90 Å². The molecule has 0 spiro atoms. The second-order valence-corrected chi connectivity index (χ2v) is 5.07. The molecule has 0 saturated heterocycles. The minimum absolute atomic E-state index is 0.147. The minimum Gasteiger partial charge on any atom is -0.480 e. The number of anilines is 1. The zero-order chi connectivity index (χ0) is 16.4. The van der Waals surface area contributed by atoms with Gasteiger partial charge in [0.25, 0.3) is 5.56 Å². The lowest BCUT2D eigenvalue weighted by molar-refractivity contribution is -0.134. The van der Waals surface area contributed by atoms with Crippen molar-refractivity contribution in [3.05, 3.63) is 20.8 Å². The first kappa shape index (κ1) is 15.8. The average Bonchev–Trinajstić information content (AvgIpc) is 2.85. The fourth-order valence-electron chi connectivity index (χ4n) is 2.31. The number of unbranched alkanes of at least 4 members (excludes halogenated alkanes) is 1. The van der Waals surface area contributed by atoms with Crippen molar-refractivity contribution in [3.8, 4) is 0 Å². The predicted molar refractivity (Wildman–Crippen MR) is 81.2 cm³/mol. The number of carboxylic acid groups (broad SMARTS) is 1. The molecule has 120 valence electrons. The number of imidazole rings is 1. The summed E-state index contributed by atoms with van der Waals surface area (Å²) in [4.78, 5) is 39.2. The van der Waals surface area contributed by atoms with Gasteiger partial charge in [-0.3, -0.25) is 23.3 Å². The summed E-state index contributed by atoms with van der Waals surface area (Å²) in [5.74, 6) is -0.750. The average molecular weight is 309 g/mol. The highest BCUT2D eigenvalue weighted by Crippen LogP contribution is 2.16. The molecule has 0 aliphatic heterocycles. The van der Waals surface area contributed by atoms with E-state index in [9.17, 15) is 14.4 Å². The molecule has 2 heterocycles. The number of rotatable bonds is 6. The van der Waals surface area contributed by atoms with E-state index < -0.39 is 17.2 Å². The van der Waals surface area contributed by atoms with Crippen LogP contribution < -0.4 is 16.6 Å². The summed E-state index contributed by atoms with van der Waals surface area (Å²) in [5.41, 5.74) is -0.394. The maximum Gasteiger partial charge on any atom is 0.332 e. The fraction of sp³-hybridized carbons (Fsp3) is 0.538. The highest BCUT2D eigenvalue weighted by Gasteiger charge is 2.18. The predicted octanol–water partition coefficient (Wildman–Crippen LogP) is -0.270. The molecule has 22 heavy (non-hydrogen) atoms. The van der Waals surface area contributed by atoms with Gasteiger partial charge in [-0.2, -0.15) is 0 Å². The molecule has 2 N–H and O–H groups in total. The van der Waals surface area contributed by atoms with E-state index >= 15 is 0 Å². The molecule has 0 unspecified atom stereocenters. The molecule has 2 aromatic rings. The molecular formula is C13H19N5O4. The highest BCUT2D eigenvalue weighted by atomic mass is 16.4. The van der Waals surface area contributed by atoms with E-state index in [1.165, 1.54) is 11.6 Å². The first-order valence-corrected chi connectivity index (χ1v) is 7.00. The Labute approximate surface area is 125 Å². The molecule has 0 aliphatic carbocycles. The SMILES string of the molecule is CCCCn1c(NCC(=O)O)nc2c(=O)n(C)c(=O)n(C)c21. The first-order valence-electron chi connectivity index (χ1n) is 7.00. The van der Waals surface area contributed by atoms with Crippen LogP contribution in [0.3, 0.4) is 0 Å². The van der Waals surface area contributed by atoms with Crippen molar-refractivity contribution >= 4 is 23.1 Å². The number of aliphatic carboxylic acids is 1. The summed E-state index contributed by atoms with van der Waals surface area (Å²) in [6.07, 6.45) is 1.73. The molecule has 9 nitrogen and oxygen atoms in total. The molecule has 0 saturated carbocycles. The third-order valence-corrected chi connectivity index (χ3v) is 3.47. The molecule has 0 amide bonds. The van der Waals surface area contributed by atoms with E-state index in [-0.39, 0.29) is 18.0 Å². The Morgan fingerprint density at radius 1 is 1.27 bits per heavy atom. The summed E-state index contributed by atoms with van der Waals surface area (Å²) >= 11 is 0. The van der Waals surface area contributed by atoms with Crippen LogP contribution in [0, 0.1) is 0 Å². The minimum atomic E-state index is -1.03. The van der Waals surface area contributed by atoms with Crippen LogP contribution in [0.5, 0.6) is 0 Å². The second-order valence-electron chi connectivity index (χ2n) is 5.07. The Bertz CT molecular complexity index is 830. The van der Waals surface area contributed by atoms with Crippen LogP contribution in [-0.4, -0.2) is 36.3 Å². The van der Waals surface area contributed by atoms with Crippen molar-refractivity contribution in [2.24, 2.45) is 14.1 Å². The van der Waals surface area contributed by atoms with Gasteiger partial charge in [0.2, 0.25) is 5.95 Å². The number of hydrogen-bond donors (Lipinski definition) is 2. The van der Waals surface area contributed by atoms with E-state index in [0.717, 1.165) is 17.4 Å². The fourth-order valence-corrected chi connectivity index (χ4v) is 2.31. The Balaban J connectivity index is 2.71. The molecule has 0 bridgehead atoms. The van der Waals surface area contributed by atoms with Gasteiger partial charge in [-0.25, -0.2) is 9.78 Å². The van der Waals surface area contributed by atoms with Crippen molar-refractivity contribution in [2.45, 2.75) is 26.3 Å². The van der Waals surface area contributed by atoms with Gasteiger partial charge in [-0.05, 0) is 6.42 Å². The molecule has 0 aromatic carbocycles. The lowest BCUT2D eigenvalue weighted by Gasteiger charge is -2.11. The van der Waals surface area contributed by atoms with Crippen molar-refractivity contribution in [2.75, 3.05) is 11.9 Å². The highest BCUT2D eigenvalue weighted by molar-refractivity contribution is 5.76. The zero-order valence-corrected chi connectivity index (χ0v) is 12.8. The number of aryl methyl sites for hydroxylation is 2. The van der Waals surface area contributed by atoms with Crippen LogP contribution in [0.4, 0.5) is 5.95 Å². The summed E-state index contributed by atoms with van der Waals surface area (Å²) < 4.78 is 4.02. The monoisotopic (exact) mass is 309 g/mol. The number of hydrogen-bond acceptors (Lipinski definition) is 5. The maximum absolute atomic E-state index is 12.2. The van der Waals surface area contributed by atoms with Gasteiger partial charge in [0.1, 0.15) is 6.54 Å². The van der Waals surface area contributed by atoms with Crippen molar-refractivity contribution in [1.29, 1.82) is 0 Å². The third kappa shape index (κ3) is 2.61. The van der Waals surface area contributed by atoms with Gasteiger partial charge < -0.3 is 10.4 Å². The molecule has 9 heteroatoms. The summed E-state index contributed by atoms with van der Waals surface area (Å²) in [7, 11) is 2.95. The maximum atomic E-state index is 12.2. The quantitative estimate of drug-likeness (QED) is 0.760. The van der Waals surface area contributed by atoms with E-state index in [0.29, 0.717) is 12.2 Å². The molecule has 0 atom stereocenters. The molecule has 2 rings (SSSR count). The summed E-state index contributed by atoms with van der Waals surface area (Å²) in [6, 6.07) is 0. The van der Waals surface area contributed by atoms with Gasteiger partial charge in [0, 0.05) is 20.6 Å². The van der Waals surface area contributed by atoms with Crippen LogP contribution in [0.25, 0.3) is 11.2 Å². The van der Waals surface area contributed by atoms with E-state index in [4.69, 9.17) is 5.11 Å². The normalized spacial score (nSPS) is 11.0. The first-order chi connectivity index (χ1) is 10.4. The summed E-state index contributed by atoms with van der Waals surface area (Å²) in [6.45, 7) is 2.24. The number of nitrogens with zero attached hydrogens (tertiary/aromatic N) is 4. The Morgan fingerprint density at radius 2 is 1.95 bits per heavy atom. The molecule has 0 aliphatic rings. The van der Waals surface area contributed by atoms with E-state index in [2.05, 4.69) is 10.3 Å². The molecule has 0 fully saturated rings. The van der Waals surface area contributed by atoms with Crippen LogP contribution in [0.15, 0.2) is 9.59 Å². The summed E-state index contributed by atoms with van der Waals surface area (Å²) in [5, 5.41) is 11.5. The van der Waals surface area contributed by atoms with Gasteiger partial charge in [-0.1, -0.05) is 13.3 Å². The zero-order valence-electron chi connectivity index (χ0n) is 12.8. The second kappa shape index (κ2) is 6.04. The molecular weight excluding hydrogens is 290 g/mol. The number of nitrogens with one attached hydrogen (secondary N) is 1. The number of fused-ring (bicyclic) bond motifs is 1.